The Morgan fingerprint density at radius 3 is 3.19 bits per heavy atom. The van der Waals surface area contributed by atoms with Crippen LogP contribution in [0.2, 0.25) is 0 Å². The number of rotatable bonds is 2. The van der Waals surface area contributed by atoms with Gasteiger partial charge in [0.15, 0.2) is 0 Å². The first kappa shape index (κ1) is 9.68. The zero-order valence-corrected chi connectivity index (χ0v) is 9.16. The summed E-state index contributed by atoms with van der Waals surface area (Å²) >= 11 is 1.66. The van der Waals surface area contributed by atoms with Gasteiger partial charge in [-0.2, -0.15) is 4.98 Å². The zero-order chi connectivity index (χ0) is 11.0. The minimum Gasteiger partial charge on any atom is -0.481 e. The fourth-order valence-corrected chi connectivity index (χ4v) is 2.28. The Morgan fingerprint density at radius 2 is 2.38 bits per heavy atom. The topological polar surface area (TPSA) is 74.2 Å². The molecule has 0 atom stereocenters. The Balaban J connectivity index is 2.00. The van der Waals surface area contributed by atoms with Gasteiger partial charge in [0.2, 0.25) is 11.7 Å². The van der Waals surface area contributed by atoms with Crippen LogP contribution in [0.4, 0.5) is 0 Å². The van der Waals surface area contributed by atoms with E-state index in [1.807, 2.05) is 18.2 Å². The molecule has 0 unspecified atom stereocenters. The van der Waals surface area contributed by atoms with Crippen LogP contribution in [0.5, 0.6) is 5.75 Å². The van der Waals surface area contributed by atoms with Gasteiger partial charge in [-0.3, -0.25) is 0 Å². The maximum absolute atomic E-state index is 5.41. The lowest BCUT2D eigenvalue weighted by molar-refractivity contribution is 0.380. The van der Waals surface area contributed by atoms with E-state index in [-0.39, 0.29) is 6.54 Å². The molecule has 16 heavy (non-hydrogen) atoms. The number of hydrogen-bond donors (Lipinski definition) is 1. The molecule has 2 heterocycles. The van der Waals surface area contributed by atoms with Crippen LogP contribution in [-0.2, 0) is 6.54 Å². The molecule has 1 aliphatic heterocycles. The van der Waals surface area contributed by atoms with E-state index in [1.54, 1.807) is 11.8 Å². The highest BCUT2D eigenvalue weighted by Crippen LogP contribution is 2.38. The first-order chi connectivity index (χ1) is 7.86. The van der Waals surface area contributed by atoms with Gasteiger partial charge in [-0.05, 0) is 18.2 Å². The maximum atomic E-state index is 5.41. The van der Waals surface area contributed by atoms with Gasteiger partial charge >= 0.3 is 0 Å². The smallest absolute Gasteiger partial charge is 0.240 e. The lowest BCUT2D eigenvalue weighted by atomic mass is 10.2. The molecule has 2 N–H and O–H groups in total. The molecule has 0 spiro atoms. The standard InChI is InChI=1S/C10H9N3O2S/c11-4-9-12-10(13-15-9)6-1-2-7-8(3-6)16-5-14-7/h1-3H,4-5,11H2. The van der Waals surface area contributed by atoms with Crippen molar-refractivity contribution in [2.75, 3.05) is 5.94 Å². The lowest BCUT2D eigenvalue weighted by Gasteiger charge is -1.98. The Bertz CT molecular complexity index is 527. The SMILES string of the molecule is NCc1nc(-c2ccc3c(c2)SCO3)no1. The molecule has 0 bridgehead atoms. The third kappa shape index (κ3) is 1.56. The normalized spacial score (nSPS) is 13.6. The minimum atomic E-state index is 0.260. The highest BCUT2D eigenvalue weighted by atomic mass is 32.2. The number of nitrogens with two attached hydrogens (primary N) is 1. The second kappa shape index (κ2) is 3.80. The molecule has 6 heteroatoms. The summed E-state index contributed by atoms with van der Waals surface area (Å²) in [6, 6.07) is 5.83. The molecule has 1 aliphatic rings. The molecule has 3 rings (SSSR count). The average molecular weight is 235 g/mol. The molecule has 0 fully saturated rings. The number of aromatic nitrogens is 2. The summed E-state index contributed by atoms with van der Waals surface area (Å²) in [6.07, 6.45) is 0. The number of nitrogens with zero attached hydrogens (tertiary/aromatic N) is 2. The predicted octanol–water partition coefficient (Wildman–Crippen LogP) is 1.64. The summed E-state index contributed by atoms with van der Waals surface area (Å²) in [5.41, 5.74) is 6.33. The Morgan fingerprint density at radius 1 is 1.44 bits per heavy atom. The summed E-state index contributed by atoms with van der Waals surface area (Å²) in [4.78, 5) is 5.28. The molecule has 1 aromatic carbocycles. The van der Waals surface area contributed by atoms with E-state index in [0.717, 1.165) is 16.2 Å². The van der Waals surface area contributed by atoms with E-state index in [9.17, 15) is 0 Å². The van der Waals surface area contributed by atoms with Gasteiger partial charge in [0.1, 0.15) is 11.7 Å². The lowest BCUT2D eigenvalue weighted by Crippen LogP contribution is -1.95. The molecule has 82 valence electrons. The van der Waals surface area contributed by atoms with Crippen molar-refractivity contribution in [3.8, 4) is 17.1 Å². The van der Waals surface area contributed by atoms with Gasteiger partial charge in [-0.15, -0.1) is 0 Å². The van der Waals surface area contributed by atoms with E-state index < -0.39 is 0 Å². The van der Waals surface area contributed by atoms with Crippen molar-refractivity contribution >= 4 is 11.8 Å². The molecule has 0 aliphatic carbocycles. The second-order valence-electron chi connectivity index (χ2n) is 3.28. The summed E-state index contributed by atoms with van der Waals surface area (Å²) < 4.78 is 10.4. The van der Waals surface area contributed by atoms with Crippen molar-refractivity contribution in [1.29, 1.82) is 0 Å². The summed E-state index contributed by atoms with van der Waals surface area (Å²) in [5, 5.41) is 3.87. The monoisotopic (exact) mass is 235 g/mol. The summed E-state index contributed by atoms with van der Waals surface area (Å²) in [7, 11) is 0. The number of benzene rings is 1. The molecular formula is C10H9N3O2S. The van der Waals surface area contributed by atoms with E-state index in [1.165, 1.54) is 0 Å². The first-order valence-electron chi connectivity index (χ1n) is 4.79. The van der Waals surface area contributed by atoms with Crippen molar-refractivity contribution in [1.82, 2.24) is 10.1 Å². The van der Waals surface area contributed by atoms with Crippen LogP contribution in [0.1, 0.15) is 5.89 Å². The van der Waals surface area contributed by atoms with E-state index >= 15 is 0 Å². The van der Waals surface area contributed by atoms with Crippen molar-refractivity contribution in [3.63, 3.8) is 0 Å². The van der Waals surface area contributed by atoms with Gasteiger partial charge in [0.05, 0.1) is 11.4 Å². The van der Waals surface area contributed by atoms with Crippen LogP contribution < -0.4 is 10.5 Å². The number of hydrogen-bond acceptors (Lipinski definition) is 6. The van der Waals surface area contributed by atoms with Gasteiger partial charge in [-0.25, -0.2) is 0 Å². The second-order valence-corrected chi connectivity index (χ2v) is 4.25. The van der Waals surface area contributed by atoms with Gasteiger partial charge in [-0.1, -0.05) is 16.9 Å². The van der Waals surface area contributed by atoms with E-state index in [4.69, 9.17) is 15.0 Å². The number of thioether (sulfide) groups is 1. The summed E-state index contributed by atoms with van der Waals surface area (Å²) in [5.74, 6) is 2.59. The minimum absolute atomic E-state index is 0.260. The fourth-order valence-electron chi connectivity index (χ4n) is 1.49. The molecule has 1 aromatic heterocycles. The fraction of sp³-hybridized carbons (Fsp3) is 0.200. The molecule has 0 radical (unpaired) electrons. The van der Waals surface area contributed by atoms with Crippen LogP contribution in [0.15, 0.2) is 27.6 Å². The maximum Gasteiger partial charge on any atom is 0.240 e. The van der Waals surface area contributed by atoms with Crippen LogP contribution in [0.3, 0.4) is 0 Å². The molecular weight excluding hydrogens is 226 g/mol. The number of ether oxygens (including phenoxy) is 1. The van der Waals surface area contributed by atoms with Crippen LogP contribution in [-0.4, -0.2) is 16.1 Å². The summed E-state index contributed by atoms with van der Waals surface area (Å²) in [6.45, 7) is 0.260. The molecule has 5 nitrogen and oxygen atoms in total. The molecule has 0 saturated heterocycles. The van der Waals surface area contributed by atoms with Crippen LogP contribution >= 0.6 is 11.8 Å². The van der Waals surface area contributed by atoms with E-state index in [0.29, 0.717) is 17.7 Å². The zero-order valence-electron chi connectivity index (χ0n) is 8.34. The third-order valence-electron chi connectivity index (χ3n) is 2.27. The van der Waals surface area contributed by atoms with E-state index in [2.05, 4.69) is 10.1 Å². The molecule has 0 saturated carbocycles. The van der Waals surface area contributed by atoms with Crippen molar-refractivity contribution < 1.29 is 9.26 Å². The van der Waals surface area contributed by atoms with Crippen molar-refractivity contribution in [2.45, 2.75) is 11.4 Å². The highest BCUT2D eigenvalue weighted by molar-refractivity contribution is 7.99. The van der Waals surface area contributed by atoms with Gasteiger partial charge < -0.3 is 15.0 Å². The number of fused-ring (bicyclic) bond motifs is 1. The predicted molar refractivity (Wildman–Crippen MR) is 59.0 cm³/mol. The largest absolute Gasteiger partial charge is 0.481 e. The van der Waals surface area contributed by atoms with Crippen LogP contribution in [0.25, 0.3) is 11.4 Å². The molecule has 0 amide bonds. The van der Waals surface area contributed by atoms with Gasteiger partial charge in [0.25, 0.3) is 0 Å². The molecule has 2 aromatic rings. The van der Waals surface area contributed by atoms with Crippen molar-refractivity contribution in [3.05, 3.63) is 24.1 Å². The first-order valence-corrected chi connectivity index (χ1v) is 5.78. The Hall–Kier alpha value is -1.53. The van der Waals surface area contributed by atoms with Crippen molar-refractivity contribution in [2.24, 2.45) is 5.73 Å². The third-order valence-corrected chi connectivity index (χ3v) is 3.14. The Labute approximate surface area is 96.0 Å². The average Bonchev–Trinajstić information content (AvgIpc) is 2.96. The quantitative estimate of drug-likeness (QED) is 0.852. The van der Waals surface area contributed by atoms with Gasteiger partial charge in [0, 0.05) is 5.56 Å². The highest BCUT2D eigenvalue weighted by Gasteiger charge is 2.15. The Kier molecular flexibility index (Phi) is 2.30. The van der Waals surface area contributed by atoms with Crippen LogP contribution in [0, 0.1) is 0 Å².